The Labute approximate surface area is 116 Å². The number of aromatic nitrogens is 1. The number of nitrogens with two attached hydrogens (primary N) is 1. The third kappa shape index (κ3) is 3.81. The molecule has 1 unspecified atom stereocenters. The second-order valence-corrected chi connectivity index (χ2v) is 5.06. The van der Waals surface area contributed by atoms with Crippen LogP contribution in [0.25, 0.3) is 0 Å². The van der Waals surface area contributed by atoms with Crippen molar-refractivity contribution in [1.82, 2.24) is 10.4 Å². The van der Waals surface area contributed by atoms with E-state index in [-0.39, 0.29) is 11.8 Å². The molecule has 1 aromatic heterocycles. The van der Waals surface area contributed by atoms with E-state index in [4.69, 9.17) is 5.84 Å². The highest BCUT2D eigenvalue weighted by Gasteiger charge is 2.19. The quantitative estimate of drug-likeness (QED) is 0.378. The molecule has 1 atom stereocenters. The third-order valence-corrected chi connectivity index (χ3v) is 3.83. The first-order chi connectivity index (χ1) is 9.31. The Morgan fingerprint density at radius 2 is 1.89 bits per heavy atom. The molecule has 0 bridgehead atoms. The number of nitrogens with zero attached hydrogens (tertiary/aromatic N) is 1. The normalized spacial score (nSPS) is 11.8. The van der Waals surface area contributed by atoms with E-state index in [9.17, 15) is 4.79 Å². The van der Waals surface area contributed by atoms with Gasteiger partial charge in [0.05, 0.1) is 5.92 Å². The Bertz CT molecular complexity index is 519. The molecule has 98 valence electrons. The molecular formula is C14H15N3OS. The maximum atomic E-state index is 11.9. The molecule has 2 rings (SSSR count). The van der Waals surface area contributed by atoms with E-state index in [1.807, 2.05) is 42.5 Å². The summed E-state index contributed by atoms with van der Waals surface area (Å²) in [4.78, 5) is 16.9. The molecule has 0 aliphatic carbocycles. The third-order valence-electron chi connectivity index (χ3n) is 2.73. The van der Waals surface area contributed by atoms with Gasteiger partial charge < -0.3 is 0 Å². The van der Waals surface area contributed by atoms with Gasteiger partial charge in [-0.2, -0.15) is 0 Å². The summed E-state index contributed by atoms with van der Waals surface area (Å²) in [5.74, 6) is 5.46. The lowest BCUT2D eigenvalue weighted by Crippen LogP contribution is -2.35. The predicted octanol–water partition coefficient (Wildman–Crippen LogP) is 1.95. The van der Waals surface area contributed by atoms with Crippen molar-refractivity contribution in [3.63, 3.8) is 0 Å². The van der Waals surface area contributed by atoms with Crippen molar-refractivity contribution in [3.05, 3.63) is 60.4 Å². The van der Waals surface area contributed by atoms with Crippen LogP contribution in [0.4, 0.5) is 0 Å². The van der Waals surface area contributed by atoms with Crippen LogP contribution in [0.3, 0.4) is 0 Å². The largest absolute Gasteiger partial charge is 0.294 e. The van der Waals surface area contributed by atoms with Crippen LogP contribution in [0.1, 0.15) is 11.5 Å². The number of pyridine rings is 1. The zero-order valence-corrected chi connectivity index (χ0v) is 11.1. The number of hydrogen-bond donors (Lipinski definition) is 2. The van der Waals surface area contributed by atoms with Gasteiger partial charge in [-0.05, 0) is 17.7 Å². The zero-order valence-electron chi connectivity index (χ0n) is 10.3. The van der Waals surface area contributed by atoms with Crippen LogP contribution in [0, 0.1) is 0 Å². The molecule has 1 amide bonds. The summed E-state index contributed by atoms with van der Waals surface area (Å²) in [6.07, 6.45) is 3.48. The number of amides is 1. The maximum absolute atomic E-state index is 11.9. The minimum atomic E-state index is -0.260. The fourth-order valence-corrected chi connectivity index (χ4v) is 2.74. The van der Waals surface area contributed by atoms with Crippen molar-refractivity contribution in [2.45, 2.75) is 10.8 Å². The van der Waals surface area contributed by atoms with Gasteiger partial charge in [-0.3, -0.25) is 15.2 Å². The van der Waals surface area contributed by atoms with Crippen LogP contribution in [-0.2, 0) is 4.79 Å². The topological polar surface area (TPSA) is 68.0 Å². The first kappa shape index (κ1) is 13.6. The number of carbonyl (C=O) groups excluding carboxylic acids is 1. The van der Waals surface area contributed by atoms with Crippen LogP contribution in [0.15, 0.2) is 59.8 Å². The van der Waals surface area contributed by atoms with Gasteiger partial charge in [0.1, 0.15) is 0 Å². The molecule has 1 heterocycles. The van der Waals surface area contributed by atoms with E-state index < -0.39 is 0 Å². The van der Waals surface area contributed by atoms with Gasteiger partial charge in [0.25, 0.3) is 0 Å². The van der Waals surface area contributed by atoms with E-state index >= 15 is 0 Å². The van der Waals surface area contributed by atoms with Crippen molar-refractivity contribution in [3.8, 4) is 0 Å². The highest BCUT2D eigenvalue weighted by Crippen LogP contribution is 2.25. The number of nitrogens with one attached hydrogen (secondary N) is 1. The zero-order chi connectivity index (χ0) is 13.5. The van der Waals surface area contributed by atoms with E-state index in [0.29, 0.717) is 5.75 Å². The van der Waals surface area contributed by atoms with Crippen LogP contribution >= 0.6 is 11.8 Å². The molecular weight excluding hydrogens is 258 g/mol. The van der Waals surface area contributed by atoms with Gasteiger partial charge in [0, 0.05) is 23.0 Å². The number of rotatable bonds is 5. The van der Waals surface area contributed by atoms with Crippen LogP contribution in [0.5, 0.6) is 0 Å². The van der Waals surface area contributed by atoms with Crippen LogP contribution in [0.2, 0.25) is 0 Å². The lowest BCUT2D eigenvalue weighted by molar-refractivity contribution is -0.122. The van der Waals surface area contributed by atoms with Crippen molar-refractivity contribution >= 4 is 17.7 Å². The van der Waals surface area contributed by atoms with Gasteiger partial charge in [-0.1, -0.05) is 30.3 Å². The Hall–Kier alpha value is -1.85. The summed E-state index contributed by atoms with van der Waals surface area (Å²) in [6, 6.07) is 13.5. The summed E-state index contributed by atoms with van der Waals surface area (Å²) in [5.41, 5.74) is 3.20. The van der Waals surface area contributed by atoms with Gasteiger partial charge in [0.2, 0.25) is 5.91 Å². The Balaban J connectivity index is 2.09. The second-order valence-electron chi connectivity index (χ2n) is 3.97. The monoisotopic (exact) mass is 273 g/mol. The molecule has 0 aliphatic rings. The number of hydrazine groups is 1. The summed E-state index contributed by atoms with van der Waals surface area (Å²) in [7, 11) is 0. The molecule has 4 nitrogen and oxygen atoms in total. The van der Waals surface area contributed by atoms with E-state index in [2.05, 4.69) is 10.4 Å². The first-order valence-corrected chi connectivity index (χ1v) is 6.88. The molecule has 0 aliphatic heterocycles. The Morgan fingerprint density at radius 1 is 1.21 bits per heavy atom. The van der Waals surface area contributed by atoms with Crippen molar-refractivity contribution < 1.29 is 4.79 Å². The number of benzene rings is 1. The molecule has 0 saturated heterocycles. The average molecular weight is 273 g/mol. The SMILES string of the molecule is NNC(=O)C(CSc1ccncc1)c1ccccc1. The molecule has 0 fully saturated rings. The van der Waals surface area contributed by atoms with E-state index in [1.165, 1.54) is 0 Å². The van der Waals surface area contributed by atoms with E-state index in [0.717, 1.165) is 10.5 Å². The molecule has 19 heavy (non-hydrogen) atoms. The number of hydrogen-bond acceptors (Lipinski definition) is 4. The van der Waals surface area contributed by atoms with Crippen molar-refractivity contribution in [2.24, 2.45) is 5.84 Å². The average Bonchev–Trinajstić information content (AvgIpc) is 2.49. The van der Waals surface area contributed by atoms with Crippen molar-refractivity contribution in [2.75, 3.05) is 5.75 Å². The van der Waals surface area contributed by atoms with Crippen LogP contribution < -0.4 is 11.3 Å². The predicted molar refractivity (Wildman–Crippen MR) is 76.5 cm³/mol. The minimum Gasteiger partial charge on any atom is -0.294 e. The molecule has 0 saturated carbocycles. The second kappa shape index (κ2) is 6.92. The summed E-state index contributed by atoms with van der Waals surface area (Å²) in [6.45, 7) is 0. The molecule has 0 spiro atoms. The Kier molecular flexibility index (Phi) is 4.94. The molecule has 1 aromatic carbocycles. The Morgan fingerprint density at radius 3 is 2.53 bits per heavy atom. The lowest BCUT2D eigenvalue weighted by atomic mass is 10.0. The van der Waals surface area contributed by atoms with Gasteiger partial charge in [-0.25, -0.2) is 5.84 Å². The maximum Gasteiger partial charge on any atom is 0.242 e. The van der Waals surface area contributed by atoms with Gasteiger partial charge in [-0.15, -0.1) is 11.8 Å². The highest BCUT2D eigenvalue weighted by atomic mass is 32.2. The molecule has 2 aromatic rings. The molecule has 0 radical (unpaired) electrons. The molecule has 5 heteroatoms. The summed E-state index contributed by atoms with van der Waals surface area (Å²) >= 11 is 1.61. The fourth-order valence-electron chi connectivity index (χ4n) is 1.72. The fraction of sp³-hybridized carbons (Fsp3) is 0.143. The lowest BCUT2D eigenvalue weighted by Gasteiger charge is -2.15. The summed E-state index contributed by atoms with van der Waals surface area (Å²) < 4.78 is 0. The standard InChI is InChI=1S/C14H15N3OS/c15-17-14(18)13(11-4-2-1-3-5-11)10-19-12-6-8-16-9-7-12/h1-9,13H,10,15H2,(H,17,18). The van der Waals surface area contributed by atoms with Gasteiger partial charge in [0.15, 0.2) is 0 Å². The number of thioether (sulfide) groups is 1. The van der Waals surface area contributed by atoms with E-state index in [1.54, 1.807) is 24.2 Å². The smallest absolute Gasteiger partial charge is 0.242 e. The highest BCUT2D eigenvalue weighted by molar-refractivity contribution is 7.99. The van der Waals surface area contributed by atoms with Gasteiger partial charge >= 0.3 is 0 Å². The first-order valence-electron chi connectivity index (χ1n) is 5.89. The van der Waals surface area contributed by atoms with Crippen molar-refractivity contribution in [1.29, 1.82) is 0 Å². The minimum absolute atomic E-state index is 0.173. The summed E-state index contributed by atoms with van der Waals surface area (Å²) in [5, 5.41) is 0. The molecule has 3 N–H and O–H groups in total. The van der Waals surface area contributed by atoms with Crippen LogP contribution in [-0.4, -0.2) is 16.6 Å². The number of carbonyl (C=O) groups is 1.